The molecule has 0 saturated carbocycles. The van der Waals surface area contributed by atoms with Crippen LogP contribution in [0.25, 0.3) is 11.1 Å². The van der Waals surface area contributed by atoms with Crippen LogP contribution < -0.4 is 10.6 Å². The van der Waals surface area contributed by atoms with E-state index in [9.17, 15) is 0 Å². The third kappa shape index (κ3) is 3.15. The van der Waals surface area contributed by atoms with Crippen LogP contribution in [0.1, 0.15) is 22.3 Å². The summed E-state index contributed by atoms with van der Waals surface area (Å²) in [7, 11) is -0.247. The highest BCUT2D eigenvalue weighted by Gasteiger charge is 2.20. The van der Waals surface area contributed by atoms with Crippen molar-refractivity contribution in [2.75, 3.05) is 26.7 Å². The fourth-order valence-corrected chi connectivity index (χ4v) is 6.41. The van der Waals surface area contributed by atoms with E-state index < -0.39 is 0 Å². The normalized spacial score (nSPS) is 11.5. The van der Waals surface area contributed by atoms with E-state index in [0.717, 1.165) is 0 Å². The fraction of sp³-hybridized carbons (Fsp3) is 0.400. The van der Waals surface area contributed by atoms with Crippen molar-refractivity contribution >= 4 is 26.5 Å². The molecule has 0 radical (unpaired) electrons. The summed E-state index contributed by atoms with van der Waals surface area (Å²) < 4.78 is 0. The summed E-state index contributed by atoms with van der Waals surface area (Å²) in [6.07, 6.45) is 0. The van der Waals surface area contributed by atoms with Gasteiger partial charge in [0.05, 0.1) is 0 Å². The lowest BCUT2D eigenvalue weighted by Crippen LogP contribution is -2.18. The molecule has 2 aromatic rings. The summed E-state index contributed by atoms with van der Waals surface area (Å²) in [4.78, 5) is 0. The largest absolute Gasteiger partial charge is 0.0807 e. The first-order valence-corrected chi connectivity index (χ1v) is 12.3. The lowest BCUT2D eigenvalue weighted by molar-refractivity contribution is 1.38. The van der Waals surface area contributed by atoms with Crippen molar-refractivity contribution in [2.24, 2.45) is 0 Å². The predicted molar refractivity (Wildman–Crippen MR) is 108 cm³/mol. The van der Waals surface area contributed by atoms with E-state index >= 15 is 0 Å². The second-order valence-electron chi connectivity index (χ2n) is 6.63. The first-order chi connectivity index (χ1) is 10.3. The fourth-order valence-electron chi connectivity index (χ4n) is 3.38. The summed E-state index contributed by atoms with van der Waals surface area (Å²) in [5.74, 6) is 0. The van der Waals surface area contributed by atoms with Crippen LogP contribution in [0.15, 0.2) is 24.3 Å². The smallest absolute Gasteiger partial charge is 0.00661 e. The third-order valence-electron chi connectivity index (χ3n) is 4.32. The van der Waals surface area contributed by atoms with Gasteiger partial charge in [0, 0.05) is 0 Å². The Morgan fingerprint density at radius 3 is 1.05 bits per heavy atom. The second kappa shape index (κ2) is 6.82. The van der Waals surface area contributed by atoms with E-state index in [1.54, 1.807) is 10.6 Å². The van der Waals surface area contributed by atoms with Crippen molar-refractivity contribution in [3.8, 4) is 11.1 Å². The average Bonchev–Trinajstić information content (AvgIpc) is 2.42. The number of hydrogen-bond acceptors (Lipinski definition) is 0. The molecular formula is C20H28P2. The first kappa shape index (κ1) is 17.7. The zero-order chi connectivity index (χ0) is 16.6. The number of benzene rings is 2. The van der Waals surface area contributed by atoms with Crippen molar-refractivity contribution in [2.45, 2.75) is 27.7 Å². The van der Waals surface area contributed by atoms with Gasteiger partial charge in [-0.05, 0) is 98.3 Å². The van der Waals surface area contributed by atoms with Gasteiger partial charge < -0.3 is 0 Å². The quantitative estimate of drug-likeness (QED) is 0.668. The Morgan fingerprint density at radius 1 is 0.500 bits per heavy atom. The van der Waals surface area contributed by atoms with Gasteiger partial charge in [0.2, 0.25) is 0 Å². The van der Waals surface area contributed by atoms with Crippen LogP contribution in [0, 0.1) is 27.7 Å². The molecule has 0 unspecified atom stereocenters. The van der Waals surface area contributed by atoms with Crippen molar-refractivity contribution in [1.82, 2.24) is 0 Å². The molecule has 0 amide bonds. The molecule has 2 heteroatoms. The molecule has 2 rings (SSSR count). The van der Waals surface area contributed by atoms with Crippen LogP contribution in [0.3, 0.4) is 0 Å². The Hall–Kier alpha value is -0.700. The van der Waals surface area contributed by atoms with Gasteiger partial charge in [0.1, 0.15) is 0 Å². The van der Waals surface area contributed by atoms with Gasteiger partial charge in [-0.25, -0.2) is 0 Å². The maximum Gasteiger partial charge on any atom is -0.00661 e. The van der Waals surface area contributed by atoms with Crippen LogP contribution in [-0.4, -0.2) is 26.7 Å². The monoisotopic (exact) mass is 330 g/mol. The molecule has 0 saturated heterocycles. The van der Waals surface area contributed by atoms with Crippen LogP contribution in [0.4, 0.5) is 0 Å². The Labute approximate surface area is 138 Å². The minimum Gasteiger partial charge on any atom is -0.0807 e. The SMILES string of the molecule is Cc1ccc(C)c(P(C)C)c1-c1c(C)ccc(C)c1P(C)C. The Bertz CT molecular complexity index is 636. The summed E-state index contributed by atoms with van der Waals surface area (Å²) in [6.45, 7) is 18.6. The molecule has 0 spiro atoms. The van der Waals surface area contributed by atoms with Crippen molar-refractivity contribution in [3.05, 3.63) is 46.5 Å². The molecule has 0 aliphatic rings. The predicted octanol–water partition coefficient (Wildman–Crippen LogP) is 5.32. The highest BCUT2D eigenvalue weighted by molar-refractivity contribution is 7.65. The minimum atomic E-state index is -0.124. The molecule has 0 aromatic heterocycles. The van der Waals surface area contributed by atoms with Gasteiger partial charge >= 0.3 is 0 Å². The Morgan fingerprint density at radius 2 is 0.773 bits per heavy atom. The zero-order valence-electron chi connectivity index (χ0n) is 15.2. The average molecular weight is 330 g/mol. The van der Waals surface area contributed by atoms with E-state index in [0.29, 0.717) is 0 Å². The number of rotatable bonds is 3. The summed E-state index contributed by atoms with van der Waals surface area (Å²) in [6, 6.07) is 9.18. The van der Waals surface area contributed by atoms with E-state index in [1.165, 1.54) is 33.4 Å². The van der Waals surface area contributed by atoms with E-state index in [2.05, 4.69) is 78.6 Å². The van der Waals surface area contributed by atoms with Crippen LogP contribution in [0.2, 0.25) is 0 Å². The van der Waals surface area contributed by atoms with Gasteiger partial charge in [-0.15, -0.1) is 0 Å². The maximum atomic E-state index is 2.38. The molecule has 0 aliphatic heterocycles. The maximum absolute atomic E-state index is 2.38. The minimum absolute atomic E-state index is 0.124. The molecule has 0 atom stereocenters. The number of aryl methyl sites for hydroxylation is 4. The Balaban J connectivity index is 2.95. The Kier molecular flexibility index (Phi) is 5.47. The molecule has 0 heterocycles. The molecule has 0 fully saturated rings. The van der Waals surface area contributed by atoms with Crippen molar-refractivity contribution in [1.29, 1.82) is 0 Å². The van der Waals surface area contributed by atoms with Gasteiger partial charge in [-0.3, -0.25) is 0 Å². The van der Waals surface area contributed by atoms with E-state index in [4.69, 9.17) is 0 Å². The van der Waals surface area contributed by atoms with Gasteiger partial charge in [-0.1, -0.05) is 40.1 Å². The van der Waals surface area contributed by atoms with Gasteiger partial charge in [0.25, 0.3) is 0 Å². The van der Waals surface area contributed by atoms with E-state index in [-0.39, 0.29) is 15.8 Å². The summed E-state index contributed by atoms with van der Waals surface area (Å²) >= 11 is 0. The van der Waals surface area contributed by atoms with E-state index in [1.807, 2.05) is 0 Å². The standard InChI is InChI=1S/C20H28P2/c1-13-9-11-15(3)19(21(5)6)17(13)18-14(2)10-12-16(4)20(18)22(7)8/h9-12H,1-8H3. The first-order valence-electron chi connectivity index (χ1n) is 7.81. The van der Waals surface area contributed by atoms with Gasteiger partial charge in [-0.2, -0.15) is 0 Å². The van der Waals surface area contributed by atoms with Crippen LogP contribution >= 0.6 is 15.8 Å². The zero-order valence-corrected chi connectivity index (χ0v) is 17.0. The summed E-state index contributed by atoms with van der Waals surface area (Å²) in [5.41, 5.74) is 8.76. The molecule has 0 bridgehead atoms. The van der Waals surface area contributed by atoms with Crippen molar-refractivity contribution in [3.63, 3.8) is 0 Å². The number of hydrogen-bond donors (Lipinski definition) is 0. The molecule has 0 N–H and O–H groups in total. The topological polar surface area (TPSA) is 0 Å². The highest BCUT2D eigenvalue weighted by atomic mass is 31.1. The molecule has 22 heavy (non-hydrogen) atoms. The molecule has 118 valence electrons. The van der Waals surface area contributed by atoms with Crippen LogP contribution in [-0.2, 0) is 0 Å². The molecular weight excluding hydrogens is 302 g/mol. The summed E-state index contributed by atoms with van der Waals surface area (Å²) in [5, 5.41) is 3.17. The third-order valence-corrected chi connectivity index (χ3v) is 7.26. The lowest BCUT2D eigenvalue weighted by Gasteiger charge is -2.25. The lowest BCUT2D eigenvalue weighted by atomic mass is 9.93. The highest BCUT2D eigenvalue weighted by Crippen LogP contribution is 2.40. The van der Waals surface area contributed by atoms with Crippen molar-refractivity contribution < 1.29 is 0 Å². The molecule has 2 aromatic carbocycles. The van der Waals surface area contributed by atoms with Crippen LogP contribution in [0.5, 0.6) is 0 Å². The second-order valence-corrected chi connectivity index (χ2v) is 11.1. The van der Waals surface area contributed by atoms with Gasteiger partial charge in [0.15, 0.2) is 0 Å². The molecule has 0 nitrogen and oxygen atoms in total. The molecule has 0 aliphatic carbocycles.